The van der Waals surface area contributed by atoms with Gasteiger partial charge in [0, 0.05) is 43.5 Å². The molecule has 4 fully saturated rings. The van der Waals surface area contributed by atoms with Gasteiger partial charge in [0.2, 0.25) is 5.91 Å². The highest BCUT2D eigenvalue weighted by atomic mass is 19.1. The van der Waals surface area contributed by atoms with Crippen LogP contribution < -0.4 is 9.64 Å². The third-order valence-electron chi connectivity index (χ3n) is 10.1. The van der Waals surface area contributed by atoms with Crippen molar-refractivity contribution in [3.63, 3.8) is 0 Å². The fourth-order valence-electron chi connectivity index (χ4n) is 7.44. The lowest BCUT2D eigenvalue weighted by molar-refractivity contribution is -0.125. The Balaban J connectivity index is 0.00000175. The first-order valence-electron chi connectivity index (χ1n) is 16.5. The Morgan fingerprint density at radius 1 is 1.11 bits per heavy atom. The van der Waals surface area contributed by atoms with Gasteiger partial charge in [-0.1, -0.05) is 32.6 Å². The molecule has 1 aliphatic carbocycles. The van der Waals surface area contributed by atoms with E-state index in [9.17, 15) is 4.79 Å². The van der Waals surface area contributed by atoms with Crippen molar-refractivity contribution in [2.24, 2.45) is 0 Å². The Labute approximate surface area is 264 Å². The van der Waals surface area contributed by atoms with E-state index in [1.165, 1.54) is 6.08 Å². The third kappa shape index (κ3) is 5.66. The van der Waals surface area contributed by atoms with Crippen molar-refractivity contribution in [3.8, 4) is 17.3 Å². The molecule has 0 N–H and O–H groups in total. The highest BCUT2D eigenvalue weighted by molar-refractivity contribution is 5.92. The number of likely N-dealkylation sites (tertiary alicyclic amines) is 1. The van der Waals surface area contributed by atoms with Crippen molar-refractivity contribution in [2.45, 2.75) is 83.2 Å². The summed E-state index contributed by atoms with van der Waals surface area (Å²) in [5, 5.41) is 0.451. The predicted molar refractivity (Wildman–Crippen MR) is 173 cm³/mol. The van der Waals surface area contributed by atoms with E-state index in [0.717, 1.165) is 58.0 Å². The molecule has 1 amide bonds. The normalized spacial score (nSPS) is 20.6. The number of ether oxygens (including phenoxy) is 1. The van der Waals surface area contributed by atoms with E-state index in [1.54, 1.807) is 30.2 Å². The number of rotatable bonds is 8. The predicted octanol–water partition coefficient (Wildman–Crippen LogP) is 6.41. The molecule has 2 aromatic heterocycles. The van der Waals surface area contributed by atoms with Crippen LogP contribution in [-0.2, 0) is 4.79 Å². The van der Waals surface area contributed by atoms with Crippen LogP contribution >= 0.6 is 0 Å². The topological polar surface area (TPSA) is 74.7 Å². The maximum absolute atomic E-state index is 16.6. The average molecular weight is 619 g/mol. The summed E-state index contributed by atoms with van der Waals surface area (Å²) in [5.41, 5.74) is 1.72. The summed E-state index contributed by atoms with van der Waals surface area (Å²) in [6.07, 6.45) is 9.81. The van der Waals surface area contributed by atoms with E-state index in [0.29, 0.717) is 47.6 Å². The van der Waals surface area contributed by atoms with Gasteiger partial charge in [0.1, 0.15) is 29.5 Å². The van der Waals surface area contributed by atoms with E-state index in [4.69, 9.17) is 9.72 Å². The van der Waals surface area contributed by atoms with Crippen LogP contribution in [0.25, 0.3) is 22.2 Å². The molecule has 0 spiro atoms. The quantitative estimate of drug-likeness (QED) is 0.270. The van der Waals surface area contributed by atoms with Crippen LogP contribution in [0.15, 0.2) is 31.0 Å². The number of hydrogen-bond donors (Lipinski definition) is 0. The van der Waals surface area contributed by atoms with Gasteiger partial charge in [-0.25, -0.2) is 8.78 Å². The Hall–Kier alpha value is -3.66. The standard InChI is InChI=1S/C33H38F2N6O2.C2H6/c1-4-25(42)40-16-11-22(18-40)39(3)31-24-17-36-29(23-10-7-20(2)27(34)26(23)21-8-9-21)28(35)30(24)37-32(38-31)43-19-33-12-5-14-41(33)15-6-13-33;1-2/h4,7,10,17,21-22H,1,5-6,8-9,11-16,18-19H2,2-3H3;1-2H3. The van der Waals surface area contributed by atoms with Gasteiger partial charge in [0.15, 0.2) is 5.82 Å². The van der Waals surface area contributed by atoms with Gasteiger partial charge in [-0.05, 0) is 82.5 Å². The molecule has 45 heavy (non-hydrogen) atoms. The van der Waals surface area contributed by atoms with Gasteiger partial charge in [-0.15, -0.1) is 0 Å². The summed E-state index contributed by atoms with van der Waals surface area (Å²) in [6, 6.07) is 3.53. The first kappa shape index (κ1) is 31.3. The summed E-state index contributed by atoms with van der Waals surface area (Å²) >= 11 is 0. The van der Waals surface area contributed by atoms with E-state index >= 15 is 8.78 Å². The van der Waals surface area contributed by atoms with Crippen LogP contribution in [-0.4, -0.2) is 82.1 Å². The van der Waals surface area contributed by atoms with E-state index < -0.39 is 5.82 Å². The molecule has 7 rings (SSSR count). The van der Waals surface area contributed by atoms with Crippen molar-refractivity contribution >= 4 is 22.6 Å². The second kappa shape index (κ2) is 12.6. The molecular formula is C35H44F2N6O2. The smallest absolute Gasteiger partial charge is 0.319 e. The van der Waals surface area contributed by atoms with Crippen molar-refractivity contribution < 1.29 is 18.3 Å². The summed E-state index contributed by atoms with van der Waals surface area (Å²) < 4.78 is 38.2. The third-order valence-corrected chi connectivity index (χ3v) is 10.1. The molecule has 5 heterocycles. The van der Waals surface area contributed by atoms with Gasteiger partial charge in [-0.3, -0.25) is 14.7 Å². The lowest BCUT2D eigenvalue weighted by atomic mass is 9.95. The number of benzene rings is 1. The minimum Gasteiger partial charge on any atom is -0.461 e. The van der Waals surface area contributed by atoms with Crippen LogP contribution in [0.3, 0.4) is 0 Å². The second-order valence-electron chi connectivity index (χ2n) is 12.7. The molecule has 0 bridgehead atoms. The number of anilines is 1. The molecule has 1 unspecified atom stereocenters. The number of carbonyl (C=O) groups is 1. The number of hydrogen-bond acceptors (Lipinski definition) is 7. The lowest BCUT2D eigenvalue weighted by Crippen LogP contribution is -2.43. The minimum absolute atomic E-state index is 0.0259. The number of pyridine rings is 1. The molecule has 8 nitrogen and oxygen atoms in total. The first-order valence-corrected chi connectivity index (χ1v) is 16.5. The summed E-state index contributed by atoms with van der Waals surface area (Å²) in [4.78, 5) is 32.5. The lowest BCUT2D eigenvalue weighted by Gasteiger charge is -2.31. The molecule has 3 aromatic rings. The highest BCUT2D eigenvalue weighted by Gasteiger charge is 2.45. The van der Waals surface area contributed by atoms with Gasteiger partial charge in [0.25, 0.3) is 0 Å². The zero-order chi connectivity index (χ0) is 31.9. The summed E-state index contributed by atoms with van der Waals surface area (Å²) in [6.45, 7) is 13.0. The molecule has 1 atom stereocenters. The monoisotopic (exact) mass is 618 g/mol. The largest absolute Gasteiger partial charge is 0.461 e. The Morgan fingerprint density at radius 2 is 1.84 bits per heavy atom. The molecule has 3 aliphatic heterocycles. The molecular weight excluding hydrogens is 574 g/mol. The summed E-state index contributed by atoms with van der Waals surface area (Å²) in [7, 11) is 1.90. The number of aryl methyl sites for hydroxylation is 1. The maximum atomic E-state index is 16.6. The number of fused-ring (bicyclic) bond motifs is 2. The van der Waals surface area contributed by atoms with Crippen molar-refractivity contribution in [1.82, 2.24) is 24.8 Å². The second-order valence-corrected chi connectivity index (χ2v) is 12.7. The van der Waals surface area contributed by atoms with E-state index in [-0.39, 0.29) is 46.4 Å². The summed E-state index contributed by atoms with van der Waals surface area (Å²) in [5.74, 6) is -0.438. The SMILES string of the molecule is C=CC(=O)N1CCC(N(C)c2nc(OCC34CCCN3CCC4)nc3c(F)c(-c4ccc(C)c(F)c4C4CC4)ncc23)C1.CC. The van der Waals surface area contributed by atoms with Crippen LogP contribution in [0.1, 0.15) is 75.8 Å². The van der Waals surface area contributed by atoms with E-state index in [1.807, 2.05) is 25.8 Å². The fraction of sp³-hybridized carbons (Fsp3) is 0.543. The molecule has 1 saturated carbocycles. The van der Waals surface area contributed by atoms with Crippen molar-refractivity contribution in [3.05, 3.63) is 53.7 Å². The zero-order valence-corrected chi connectivity index (χ0v) is 26.9. The van der Waals surface area contributed by atoms with Crippen LogP contribution in [0, 0.1) is 18.6 Å². The number of likely N-dealkylation sites (N-methyl/N-ethyl adjacent to an activating group) is 1. The van der Waals surface area contributed by atoms with Gasteiger partial charge >= 0.3 is 6.01 Å². The molecule has 4 aliphatic rings. The van der Waals surface area contributed by atoms with Gasteiger partial charge in [-0.2, -0.15) is 9.97 Å². The molecule has 240 valence electrons. The Morgan fingerprint density at radius 3 is 2.53 bits per heavy atom. The van der Waals surface area contributed by atoms with Gasteiger partial charge < -0.3 is 14.5 Å². The highest BCUT2D eigenvalue weighted by Crippen LogP contribution is 2.47. The molecule has 1 aromatic carbocycles. The molecule has 0 radical (unpaired) electrons. The minimum atomic E-state index is -0.610. The van der Waals surface area contributed by atoms with E-state index in [2.05, 4.69) is 21.4 Å². The van der Waals surface area contributed by atoms with Gasteiger partial charge in [0.05, 0.1) is 10.9 Å². The maximum Gasteiger partial charge on any atom is 0.319 e. The average Bonchev–Trinajstić information content (AvgIpc) is 3.43. The molecule has 10 heteroatoms. The van der Waals surface area contributed by atoms with Crippen molar-refractivity contribution in [2.75, 3.05) is 44.7 Å². The number of nitrogens with zero attached hydrogens (tertiary/aromatic N) is 6. The van der Waals surface area contributed by atoms with Crippen LogP contribution in [0.2, 0.25) is 0 Å². The Kier molecular flexibility index (Phi) is 8.78. The fourth-order valence-corrected chi connectivity index (χ4v) is 7.44. The zero-order valence-electron chi connectivity index (χ0n) is 26.9. The number of aromatic nitrogens is 3. The van der Waals surface area contributed by atoms with Crippen molar-refractivity contribution in [1.29, 1.82) is 0 Å². The number of halogens is 2. The number of amides is 1. The van der Waals surface area contributed by atoms with Crippen LogP contribution in [0.4, 0.5) is 14.6 Å². The van der Waals surface area contributed by atoms with Crippen LogP contribution in [0.5, 0.6) is 6.01 Å². The first-order chi connectivity index (χ1) is 21.8. The molecule has 3 saturated heterocycles. The Bertz CT molecular complexity index is 1600. The number of carbonyl (C=O) groups excluding carboxylic acids is 1.